The van der Waals surface area contributed by atoms with Gasteiger partial charge in [-0.2, -0.15) is 11.8 Å². The fourth-order valence-corrected chi connectivity index (χ4v) is 2.77. The van der Waals surface area contributed by atoms with Crippen LogP contribution in [0.1, 0.15) is 29.8 Å². The van der Waals surface area contributed by atoms with Crippen LogP contribution < -0.4 is 4.74 Å². The number of fused-ring (bicyclic) bond motifs is 1. The Hall–Kier alpha value is -0.960. The van der Waals surface area contributed by atoms with Crippen LogP contribution in [-0.4, -0.2) is 23.9 Å². The number of carbonyl (C=O) groups is 1. The first-order valence-corrected chi connectivity index (χ1v) is 7.19. The van der Waals surface area contributed by atoms with E-state index in [2.05, 4.69) is 13.8 Å². The van der Waals surface area contributed by atoms with Crippen molar-refractivity contribution in [3.63, 3.8) is 0 Å². The minimum atomic E-state index is 0.227. The highest BCUT2D eigenvalue weighted by Crippen LogP contribution is 2.26. The Kier molecular flexibility index (Phi) is 4.11. The van der Waals surface area contributed by atoms with E-state index >= 15 is 0 Å². The number of carbonyl (C=O) groups excluding carboxylic acids is 1. The van der Waals surface area contributed by atoms with E-state index in [1.54, 1.807) is 11.8 Å². The molecule has 92 valence electrons. The molecule has 2 nitrogen and oxygen atoms in total. The number of hydrogen-bond acceptors (Lipinski definition) is 3. The third-order valence-corrected chi connectivity index (χ3v) is 4.06. The maximum Gasteiger partial charge on any atom is 0.172 e. The van der Waals surface area contributed by atoms with Gasteiger partial charge in [0.25, 0.3) is 0 Å². The topological polar surface area (TPSA) is 26.3 Å². The van der Waals surface area contributed by atoms with E-state index in [0.29, 0.717) is 11.7 Å². The fourth-order valence-electron chi connectivity index (χ4n) is 1.83. The number of Topliss-reactive ketones (excluding diaryl/α,β-unsaturated/α-hetero) is 1. The maximum absolute atomic E-state index is 12.0. The number of rotatable bonds is 5. The van der Waals surface area contributed by atoms with Crippen LogP contribution in [-0.2, 0) is 6.42 Å². The van der Waals surface area contributed by atoms with Crippen molar-refractivity contribution in [1.29, 1.82) is 0 Å². The summed E-state index contributed by atoms with van der Waals surface area (Å²) in [4.78, 5) is 12.0. The second-order valence-corrected chi connectivity index (χ2v) is 5.78. The molecular formula is C14H18O2S. The molecule has 0 saturated carbocycles. The Morgan fingerprint density at radius 1 is 1.47 bits per heavy atom. The molecule has 0 amide bonds. The van der Waals surface area contributed by atoms with Gasteiger partial charge in [0.1, 0.15) is 5.75 Å². The molecule has 0 aromatic heterocycles. The van der Waals surface area contributed by atoms with Crippen molar-refractivity contribution in [2.45, 2.75) is 20.3 Å². The van der Waals surface area contributed by atoms with Gasteiger partial charge >= 0.3 is 0 Å². The largest absolute Gasteiger partial charge is 0.493 e. The lowest BCUT2D eigenvalue weighted by atomic mass is 10.1. The SMILES string of the molecule is CC(C)CSCC(=O)c1ccc2c(c1)CCO2. The lowest BCUT2D eigenvalue weighted by molar-refractivity contribution is 0.102. The van der Waals surface area contributed by atoms with Gasteiger partial charge in [-0.15, -0.1) is 0 Å². The molecule has 3 heteroatoms. The Bertz CT molecular complexity index is 413. The predicted molar refractivity (Wildman–Crippen MR) is 72.1 cm³/mol. The molecule has 0 saturated heterocycles. The van der Waals surface area contributed by atoms with Crippen molar-refractivity contribution < 1.29 is 9.53 Å². The summed E-state index contributed by atoms with van der Waals surface area (Å²) in [7, 11) is 0. The van der Waals surface area contributed by atoms with Gasteiger partial charge in [-0.25, -0.2) is 0 Å². The van der Waals surface area contributed by atoms with Gasteiger partial charge in [-0.05, 0) is 35.4 Å². The monoisotopic (exact) mass is 250 g/mol. The second-order valence-electron chi connectivity index (χ2n) is 4.75. The van der Waals surface area contributed by atoms with Crippen LogP contribution in [0.3, 0.4) is 0 Å². The van der Waals surface area contributed by atoms with Crippen molar-refractivity contribution in [2.24, 2.45) is 5.92 Å². The number of thioether (sulfide) groups is 1. The Morgan fingerprint density at radius 2 is 2.29 bits per heavy atom. The molecular weight excluding hydrogens is 232 g/mol. The van der Waals surface area contributed by atoms with Gasteiger partial charge in [0.15, 0.2) is 5.78 Å². The van der Waals surface area contributed by atoms with Crippen LogP contribution >= 0.6 is 11.8 Å². The molecule has 0 radical (unpaired) electrons. The van der Waals surface area contributed by atoms with Gasteiger partial charge in [0.2, 0.25) is 0 Å². The average molecular weight is 250 g/mol. The molecule has 17 heavy (non-hydrogen) atoms. The minimum Gasteiger partial charge on any atom is -0.493 e. The van der Waals surface area contributed by atoms with E-state index in [1.165, 1.54) is 5.56 Å². The number of hydrogen-bond donors (Lipinski definition) is 0. The molecule has 1 aliphatic rings. The maximum atomic E-state index is 12.0. The van der Waals surface area contributed by atoms with Crippen LogP contribution in [0.2, 0.25) is 0 Å². The van der Waals surface area contributed by atoms with Crippen LogP contribution in [0.5, 0.6) is 5.75 Å². The summed E-state index contributed by atoms with van der Waals surface area (Å²) in [5.41, 5.74) is 2.00. The highest BCUT2D eigenvalue weighted by molar-refractivity contribution is 7.99. The summed E-state index contributed by atoms with van der Waals surface area (Å²) in [5.74, 6) is 3.43. The summed E-state index contributed by atoms with van der Waals surface area (Å²) >= 11 is 1.72. The van der Waals surface area contributed by atoms with Crippen LogP contribution in [0.4, 0.5) is 0 Å². The summed E-state index contributed by atoms with van der Waals surface area (Å²) in [6.45, 7) is 5.09. The van der Waals surface area contributed by atoms with Crippen LogP contribution in [0, 0.1) is 5.92 Å². The van der Waals surface area contributed by atoms with Gasteiger partial charge in [0, 0.05) is 12.0 Å². The normalized spacial score (nSPS) is 13.6. The third-order valence-electron chi connectivity index (χ3n) is 2.70. The molecule has 0 bridgehead atoms. The molecule has 1 aromatic carbocycles. The zero-order valence-electron chi connectivity index (χ0n) is 10.4. The zero-order valence-corrected chi connectivity index (χ0v) is 11.2. The van der Waals surface area contributed by atoms with E-state index in [4.69, 9.17) is 4.74 Å². The molecule has 2 rings (SSSR count). The summed E-state index contributed by atoms with van der Waals surface area (Å²) in [6.07, 6.45) is 0.926. The molecule has 0 unspecified atom stereocenters. The quantitative estimate of drug-likeness (QED) is 0.751. The molecule has 0 N–H and O–H groups in total. The molecule has 0 spiro atoms. The van der Waals surface area contributed by atoms with Crippen LogP contribution in [0.25, 0.3) is 0 Å². The van der Waals surface area contributed by atoms with Crippen molar-refractivity contribution in [3.05, 3.63) is 29.3 Å². The molecule has 0 aliphatic carbocycles. The molecule has 0 fully saturated rings. The summed E-state index contributed by atoms with van der Waals surface area (Å²) in [6, 6.07) is 5.78. The number of ketones is 1. The van der Waals surface area contributed by atoms with Crippen molar-refractivity contribution in [1.82, 2.24) is 0 Å². The fraction of sp³-hybridized carbons (Fsp3) is 0.500. The summed E-state index contributed by atoms with van der Waals surface area (Å²) in [5, 5.41) is 0. The van der Waals surface area contributed by atoms with E-state index in [-0.39, 0.29) is 5.78 Å². The van der Waals surface area contributed by atoms with Gasteiger partial charge in [-0.3, -0.25) is 4.79 Å². The lowest BCUT2D eigenvalue weighted by Crippen LogP contribution is -2.04. The van der Waals surface area contributed by atoms with Gasteiger partial charge < -0.3 is 4.74 Å². The van der Waals surface area contributed by atoms with E-state index in [0.717, 1.165) is 30.1 Å². The van der Waals surface area contributed by atoms with Gasteiger partial charge in [-0.1, -0.05) is 13.8 Å². The van der Waals surface area contributed by atoms with E-state index in [1.807, 2.05) is 18.2 Å². The summed E-state index contributed by atoms with van der Waals surface area (Å²) < 4.78 is 5.43. The van der Waals surface area contributed by atoms with Crippen molar-refractivity contribution in [2.75, 3.05) is 18.1 Å². The Balaban J connectivity index is 1.95. The van der Waals surface area contributed by atoms with Crippen molar-refractivity contribution in [3.8, 4) is 5.75 Å². The molecule has 0 atom stereocenters. The number of benzene rings is 1. The highest BCUT2D eigenvalue weighted by atomic mass is 32.2. The zero-order chi connectivity index (χ0) is 12.3. The van der Waals surface area contributed by atoms with E-state index in [9.17, 15) is 4.79 Å². The Morgan fingerprint density at radius 3 is 3.06 bits per heavy atom. The molecule has 1 aromatic rings. The highest BCUT2D eigenvalue weighted by Gasteiger charge is 2.14. The minimum absolute atomic E-state index is 0.227. The second kappa shape index (κ2) is 5.58. The third kappa shape index (κ3) is 3.25. The predicted octanol–water partition coefficient (Wildman–Crippen LogP) is 3.19. The molecule has 1 heterocycles. The first-order valence-electron chi connectivity index (χ1n) is 6.03. The van der Waals surface area contributed by atoms with E-state index < -0.39 is 0 Å². The van der Waals surface area contributed by atoms with Crippen molar-refractivity contribution >= 4 is 17.5 Å². The van der Waals surface area contributed by atoms with Crippen LogP contribution in [0.15, 0.2) is 18.2 Å². The lowest BCUT2D eigenvalue weighted by Gasteiger charge is -2.05. The average Bonchev–Trinajstić information content (AvgIpc) is 2.75. The first kappa shape index (κ1) is 12.5. The van der Waals surface area contributed by atoms with Gasteiger partial charge in [0.05, 0.1) is 12.4 Å². The first-order chi connectivity index (χ1) is 8.16. The standard InChI is InChI=1S/C14H18O2S/c1-10(2)8-17-9-13(15)11-3-4-14-12(7-11)5-6-16-14/h3-4,7,10H,5-6,8-9H2,1-2H3. The smallest absolute Gasteiger partial charge is 0.172 e. The molecule has 1 aliphatic heterocycles. The Labute approximate surface area is 107 Å². The number of ether oxygens (including phenoxy) is 1.